The third-order valence-corrected chi connectivity index (χ3v) is 3.01. The number of aliphatic imine (C=N–C) groups is 1. The van der Waals surface area contributed by atoms with Crippen molar-refractivity contribution in [2.45, 2.75) is 12.8 Å². The third kappa shape index (κ3) is 1.54. The largest absolute Gasteiger partial charge is 0.257 e. The van der Waals surface area contributed by atoms with E-state index in [9.17, 15) is 0 Å². The molecule has 0 radical (unpaired) electrons. The van der Waals surface area contributed by atoms with Crippen molar-refractivity contribution >= 4 is 17.9 Å². The van der Waals surface area contributed by atoms with E-state index in [-0.39, 0.29) is 0 Å². The van der Waals surface area contributed by atoms with Crippen LogP contribution in [0.4, 0.5) is 0 Å². The van der Waals surface area contributed by atoms with Crippen LogP contribution in [0.2, 0.25) is 0 Å². The Kier molecular flexibility index (Phi) is 2.30. The second kappa shape index (κ2) is 3.93. The molecule has 0 atom stereocenters. The Morgan fingerprint density at radius 2 is 2.00 bits per heavy atom. The van der Waals surface area contributed by atoms with Gasteiger partial charge in [-0.2, -0.15) is 0 Å². The number of nitrogens with zero attached hydrogens (tertiary/aromatic N) is 1. The van der Waals surface area contributed by atoms with Gasteiger partial charge in [-0.1, -0.05) is 36.4 Å². The molecule has 0 unspecified atom stereocenters. The van der Waals surface area contributed by atoms with E-state index in [0.717, 1.165) is 18.5 Å². The Balaban J connectivity index is 2.25. The van der Waals surface area contributed by atoms with E-state index in [4.69, 9.17) is 0 Å². The quantitative estimate of drug-likeness (QED) is 0.612. The monoisotopic (exact) mass is 207 g/mol. The zero-order valence-corrected chi connectivity index (χ0v) is 9.06. The van der Waals surface area contributed by atoms with E-state index in [1.54, 1.807) is 0 Å². The lowest BCUT2D eigenvalue weighted by atomic mass is 9.91. The molecule has 0 fully saturated rings. The van der Waals surface area contributed by atoms with Gasteiger partial charge in [0.25, 0.3) is 0 Å². The van der Waals surface area contributed by atoms with Gasteiger partial charge in [-0.15, -0.1) is 0 Å². The fourth-order valence-corrected chi connectivity index (χ4v) is 2.23. The van der Waals surface area contributed by atoms with E-state index in [0.29, 0.717) is 0 Å². The van der Waals surface area contributed by atoms with Crippen LogP contribution in [0.5, 0.6) is 0 Å². The minimum absolute atomic E-state index is 1.09. The number of benzene rings is 1. The van der Waals surface area contributed by atoms with E-state index in [2.05, 4.69) is 47.5 Å². The van der Waals surface area contributed by atoms with Gasteiger partial charge < -0.3 is 0 Å². The van der Waals surface area contributed by atoms with Crippen LogP contribution in [0.25, 0.3) is 11.6 Å². The highest BCUT2D eigenvalue weighted by molar-refractivity contribution is 5.87. The first-order valence-corrected chi connectivity index (χ1v) is 5.65. The highest BCUT2D eigenvalue weighted by atomic mass is 14.7. The molecule has 1 nitrogen and oxygen atoms in total. The Bertz CT molecular complexity index is 530. The van der Waals surface area contributed by atoms with Crippen molar-refractivity contribution in [3.05, 3.63) is 59.3 Å². The number of rotatable bonds is 0. The summed E-state index contributed by atoms with van der Waals surface area (Å²) in [7, 11) is 0. The Labute approximate surface area is 95.5 Å². The zero-order chi connectivity index (χ0) is 10.8. The van der Waals surface area contributed by atoms with Gasteiger partial charge in [-0.05, 0) is 41.7 Å². The molecule has 1 aliphatic heterocycles. The van der Waals surface area contributed by atoms with Crippen molar-refractivity contribution in [3.63, 3.8) is 0 Å². The smallest absolute Gasteiger partial charge is 0.0664 e. The van der Waals surface area contributed by atoms with Crippen LogP contribution in [0.3, 0.4) is 0 Å². The fraction of sp³-hybridized carbons (Fsp3) is 0.133. The van der Waals surface area contributed by atoms with Gasteiger partial charge >= 0.3 is 0 Å². The molecule has 1 heterocycles. The van der Waals surface area contributed by atoms with Gasteiger partial charge in [0.15, 0.2) is 0 Å². The number of hydrogen-bond donors (Lipinski definition) is 0. The molecule has 2 aliphatic rings. The summed E-state index contributed by atoms with van der Waals surface area (Å²) in [6.45, 7) is 0. The normalized spacial score (nSPS) is 17.8. The summed E-state index contributed by atoms with van der Waals surface area (Å²) >= 11 is 0. The van der Waals surface area contributed by atoms with Crippen molar-refractivity contribution in [2.24, 2.45) is 4.99 Å². The van der Waals surface area contributed by atoms with Crippen LogP contribution < -0.4 is 0 Å². The molecule has 0 aromatic heterocycles. The summed E-state index contributed by atoms with van der Waals surface area (Å²) < 4.78 is 0. The first kappa shape index (κ1) is 9.34. The second-order valence-corrected chi connectivity index (χ2v) is 4.03. The SMILES string of the molecule is C1=Cc2ccccc2C2=C(C=CCC2)N=C1. The lowest BCUT2D eigenvalue weighted by molar-refractivity contribution is 1.03. The van der Waals surface area contributed by atoms with E-state index in [1.807, 2.05) is 12.3 Å². The number of allylic oxidation sites excluding steroid dienone is 4. The molecule has 78 valence electrons. The van der Waals surface area contributed by atoms with Crippen molar-refractivity contribution in [1.82, 2.24) is 0 Å². The van der Waals surface area contributed by atoms with Crippen molar-refractivity contribution < 1.29 is 0 Å². The second-order valence-electron chi connectivity index (χ2n) is 4.03. The number of hydrogen-bond acceptors (Lipinski definition) is 1. The molecule has 0 N–H and O–H groups in total. The molecule has 0 bridgehead atoms. The molecular weight excluding hydrogens is 194 g/mol. The van der Waals surface area contributed by atoms with Gasteiger partial charge in [-0.3, -0.25) is 4.99 Å². The minimum atomic E-state index is 1.09. The maximum Gasteiger partial charge on any atom is 0.0664 e. The maximum absolute atomic E-state index is 4.49. The summed E-state index contributed by atoms with van der Waals surface area (Å²) in [6.07, 6.45) is 12.5. The average Bonchev–Trinajstić information content (AvgIpc) is 2.33. The topological polar surface area (TPSA) is 12.4 Å². The van der Waals surface area contributed by atoms with Crippen LogP contribution in [0.15, 0.2) is 53.2 Å². The lowest BCUT2D eigenvalue weighted by Crippen LogP contribution is -1.97. The molecular formula is C15H13N. The maximum atomic E-state index is 4.49. The molecule has 1 aromatic carbocycles. The van der Waals surface area contributed by atoms with Gasteiger partial charge in [0, 0.05) is 6.21 Å². The first-order valence-electron chi connectivity index (χ1n) is 5.65. The molecule has 0 spiro atoms. The summed E-state index contributed by atoms with van der Waals surface area (Å²) in [5.41, 5.74) is 5.10. The summed E-state index contributed by atoms with van der Waals surface area (Å²) in [4.78, 5) is 4.49. The molecule has 1 heteroatoms. The standard InChI is InChI=1S/C15H13N/c1-2-8-13-12(6-1)7-5-11-16-15-10-4-3-9-14(13)15/h1-2,4-8,10-11H,3,9H2. The Morgan fingerprint density at radius 3 is 3.00 bits per heavy atom. The fourth-order valence-electron chi connectivity index (χ4n) is 2.23. The molecule has 1 aromatic rings. The van der Waals surface area contributed by atoms with Crippen LogP contribution in [0.1, 0.15) is 24.0 Å². The van der Waals surface area contributed by atoms with E-state index in [1.165, 1.54) is 16.7 Å². The van der Waals surface area contributed by atoms with E-state index >= 15 is 0 Å². The van der Waals surface area contributed by atoms with Gasteiger partial charge in [0.1, 0.15) is 0 Å². The molecule has 3 rings (SSSR count). The Hall–Kier alpha value is -1.89. The van der Waals surface area contributed by atoms with Crippen LogP contribution in [0, 0.1) is 0 Å². The predicted molar refractivity (Wildman–Crippen MR) is 69.3 cm³/mol. The molecule has 16 heavy (non-hydrogen) atoms. The first-order chi connectivity index (χ1) is 7.95. The summed E-state index contributed by atoms with van der Waals surface area (Å²) in [5.74, 6) is 0. The van der Waals surface area contributed by atoms with Gasteiger partial charge in [0.2, 0.25) is 0 Å². The van der Waals surface area contributed by atoms with Crippen molar-refractivity contribution in [2.75, 3.05) is 0 Å². The summed E-state index contributed by atoms with van der Waals surface area (Å²) in [5, 5.41) is 0. The third-order valence-electron chi connectivity index (χ3n) is 3.01. The molecule has 0 saturated heterocycles. The highest BCUT2D eigenvalue weighted by Gasteiger charge is 2.12. The van der Waals surface area contributed by atoms with Crippen LogP contribution in [-0.2, 0) is 0 Å². The predicted octanol–water partition coefficient (Wildman–Crippen LogP) is 3.85. The van der Waals surface area contributed by atoms with Crippen molar-refractivity contribution in [3.8, 4) is 0 Å². The number of fused-ring (bicyclic) bond motifs is 2. The molecule has 0 amide bonds. The van der Waals surface area contributed by atoms with Crippen LogP contribution >= 0.6 is 0 Å². The summed E-state index contributed by atoms with van der Waals surface area (Å²) in [6, 6.07) is 8.53. The molecule has 1 aliphatic carbocycles. The molecule has 0 saturated carbocycles. The minimum Gasteiger partial charge on any atom is -0.257 e. The van der Waals surface area contributed by atoms with Gasteiger partial charge in [0.05, 0.1) is 5.70 Å². The Morgan fingerprint density at radius 1 is 1.06 bits per heavy atom. The van der Waals surface area contributed by atoms with Crippen LogP contribution in [-0.4, -0.2) is 6.21 Å². The zero-order valence-electron chi connectivity index (χ0n) is 9.06. The lowest BCUT2D eigenvalue weighted by Gasteiger charge is -2.16. The highest BCUT2D eigenvalue weighted by Crippen LogP contribution is 2.32. The average molecular weight is 207 g/mol. The van der Waals surface area contributed by atoms with Crippen molar-refractivity contribution in [1.29, 1.82) is 0 Å². The van der Waals surface area contributed by atoms with Gasteiger partial charge in [-0.25, -0.2) is 0 Å². The van der Waals surface area contributed by atoms with E-state index < -0.39 is 0 Å².